The molecule has 1 aliphatic carbocycles. The van der Waals surface area contributed by atoms with Crippen molar-refractivity contribution < 1.29 is 4.74 Å². The first kappa shape index (κ1) is 22.6. The van der Waals surface area contributed by atoms with E-state index in [0.717, 1.165) is 62.9 Å². The Morgan fingerprint density at radius 2 is 1.89 bits per heavy atom. The van der Waals surface area contributed by atoms with Gasteiger partial charge in [-0.05, 0) is 45.4 Å². The number of ether oxygens (including phenoxy) is 1. The van der Waals surface area contributed by atoms with Crippen molar-refractivity contribution in [2.75, 3.05) is 46.4 Å². The molecule has 5 nitrogen and oxygen atoms in total. The van der Waals surface area contributed by atoms with Crippen LogP contribution in [0.5, 0.6) is 0 Å². The largest absolute Gasteiger partial charge is 0.496 e. The average molecular weight is 387 g/mol. The first-order valence-corrected chi connectivity index (χ1v) is 10.8. The maximum atomic E-state index is 6.07. The van der Waals surface area contributed by atoms with Crippen LogP contribution in [0.15, 0.2) is 45.1 Å². The quantitative estimate of drug-likeness (QED) is 0.714. The van der Waals surface area contributed by atoms with Crippen LogP contribution in [0.2, 0.25) is 0 Å². The van der Waals surface area contributed by atoms with Crippen LogP contribution in [-0.2, 0) is 4.74 Å². The van der Waals surface area contributed by atoms with Crippen LogP contribution < -0.4 is 0 Å². The molecule has 0 amide bonds. The highest BCUT2D eigenvalue weighted by atomic mass is 16.5. The topological polar surface area (TPSA) is 40.4 Å². The standard InChI is InChI=1S/C21H32N4O.C2H6/c1-5-13-26-20-15-22-21(17(3)25-11-9-24(4)10-12-25)23-19-14-16(2)7-6-8-18(19)20;1-2/h6-7,14,17H,5,8-13,15H2,1-4H3;1-2H3. The maximum absolute atomic E-state index is 6.07. The molecule has 0 radical (unpaired) electrons. The van der Waals surface area contributed by atoms with Crippen molar-refractivity contribution in [3.05, 3.63) is 35.1 Å². The van der Waals surface area contributed by atoms with Crippen molar-refractivity contribution in [3.8, 4) is 0 Å². The van der Waals surface area contributed by atoms with E-state index >= 15 is 0 Å². The molecule has 0 aromatic rings. The van der Waals surface area contributed by atoms with E-state index in [-0.39, 0.29) is 6.04 Å². The molecular formula is C23H38N4O. The Morgan fingerprint density at radius 1 is 1.18 bits per heavy atom. The number of allylic oxidation sites excluding steroid dienone is 5. The van der Waals surface area contributed by atoms with Crippen molar-refractivity contribution >= 4 is 11.5 Å². The van der Waals surface area contributed by atoms with E-state index in [0.29, 0.717) is 6.54 Å². The molecule has 156 valence electrons. The van der Waals surface area contributed by atoms with E-state index < -0.39 is 0 Å². The molecule has 0 aromatic heterocycles. The number of hydrogen-bond acceptors (Lipinski definition) is 5. The van der Waals surface area contributed by atoms with Gasteiger partial charge in [-0.25, -0.2) is 4.99 Å². The lowest BCUT2D eigenvalue weighted by Crippen LogP contribution is -2.50. The van der Waals surface area contributed by atoms with Crippen molar-refractivity contribution in [1.29, 1.82) is 0 Å². The molecular weight excluding hydrogens is 348 g/mol. The number of amidine groups is 1. The van der Waals surface area contributed by atoms with Gasteiger partial charge in [-0.1, -0.05) is 32.9 Å². The number of piperazine rings is 1. The first-order valence-electron chi connectivity index (χ1n) is 10.8. The van der Waals surface area contributed by atoms with Gasteiger partial charge in [0.2, 0.25) is 0 Å². The van der Waals surface area contributed by atoms with Crippen LogP contribution in [0.4, 0.5) is 0 Å². The third-order valence-corrected chi connectivity index (χ3v) is 5.27. The van der Waals surface area contributed by atoms with E-state index in [2.05, 4.69) is 55.8 Å². The van der Waals surface area contributed by atoms with Crippen molar-refractivity contribution in [3.63, 3.8) is 0 Å². The highest BCUT2D eigenvalue weighted by Gasteiger charge is 2.26. The van der Waals surface area contributed by atoms with E-state index in [9.17, 15) is 0 Å². The van der Waals surface area contributed by atoms with Gasteiger partial charge in [0.15, 0.2) is 0 Å². The summed E-state index contributed by atoms with van der Waals surface area (Å²) < 4.78 is 6.07. The normalized spacial score (nSPS) is 22.0. The van der Waals surface area contributed by atoms with E-state index in [1.54, 1.807) is 0 Å². The minimum atomic E-state index is 0.230. The molecule has 28 heavy (non-hydrogen) atoms. The van der Waals surface area contributed by atoms with Gasteiger partial charge in [-0.15, -0.1) is 0 Å². The van der Waals surface area contributed by atoms with Crippen molar-refractivity contribution in [1.82, 2.24) is 9.80 Å². The summed E-state index contributed by atoms with van der Waals surface area (Å²) in [5.41, 5.74) is 3.44. The summed E-state index contributed by atoms with van der Waals surface area (Å²) in [7, 11) is 2.19. The van der Waals surface area contributed by atoms with E-state index in [1.165, 1.54) is 11.1 Å². The Balaban J connectivity index is 0.00000136. The Labute approximate surface area is 171 Å². The molecule has 0 saturated carbocycles. The van der Waals surface area contributed by atoms with Gasteiger partial charge in [0.1, 0.15) is 11.6 Å². The second-order valence-corrected chi connectivity index (χ2v) is 7.43. The Bertz CT molecular complexity index is 664. The van der Waals surface area contributed by atoms with Crippen LogP contribution in [0.1, 0.15) is 47.5 Å². The van der Waals surface area contributed by atoms with Crippen LogP contribution >= 0.6 is 0 Å². The number of nitrogens with zero attached hydrogens (tertiary/aromatic N) is 4. The molecule has 1 atom stereocenters. The van der Waals surface area contributed by atoms with Gasteiger partial charge in [0.25, 0.3) is 0 Å². The predicted octanol–water partition coefficient (Wildman–Crippen LogP) is 4.09. The molecule has 2 aliphatic heterocycles. The fourth-order valence-electron chi connectivity index (χ4n) is 3.54. The van der Waals surface area contributed by atoms with Crippen LogP contribution in [0.25, 0.3) is 0 Å². The third kappa shape index (κ3) is 5.89. The molecule has 1 unspecified atom stereocenters. The molecule has 3 rings (SSSR count). The number of hydrogen-bond donors (Lipinski definition) is 0. The first-order chi connectivity index (χ1) is 13.6. The summed E-state index contributed by atoms with van der Waals surface area (Å²) in [6.45, 7) is 16.2. The summed E-state index contributed by atoms with van der Waals surface area (Å²) in [5, 5.41) is 0. The Kier molecular flexibility index (Phi) is 9.13. The summed E-state index contributed by atoms with van der Waals surface area (Å²) in [5.74, 6) is 1.92. The zero-order chi connectivity index (χ0) is 20.5. The van der Waals surface area contributed by atoms with Crippen LogP contribution in [0, 0.1) is 0 Å². The van der Waals surface area contributed by atoms with Gasteiger partial charge in [-0.3, -0.25) is 9.89 Å². The second-order valence-electron chi connectivity index (χ2n) is 7.43. The molecule has 0 aromatic carbocycles. The molecule has 2 heterocycles. The zero-order valence-corrected chi connectivity index (χ0v) is 18.7. The summed E-state index contributed by atoms with van der Waals surface area (Å²) >= 11 is 0. The van der Waals surface area contributed by atoms with Gasteiger partial charge in [0.05, 0.1) is 24.9 Å². The molecule has 0 bridgehead atoms. The third-order valence-electron chi connectivity index (χ3n) is 5.27. The van der Waals surface area contributed by atoms with Crippen molar-refractivity contribution in [2.24, 2.45) is 9.98 Å². The zero-order valence-electron chi connectivity index (χ0n) is 18.7. The minimum Gasteiger partial charge on any atom is -0.496 e. The highest BCUT2D eigenvalue weighted by Crippen LogP contribution is 2.23. The maximum Gasteiger partial charge on any atom is 0.141 e. The van der Waals surface area contributed by atoms with Gasteiger partial charge < -0.3 is 9.64 Å². The lowest BCUT2D eigenvalue weighted by molar-refractivity contribution is 0.142. The molecule has 3 aliphatic rings. The number of rotatable bonds is 5. The average Bonchev–Trinajstić information content (AvgIpc) is 2.99. The second kappa shape index (κ2) is 11.3. The molecule has 5 heteroatoms. The molecule has 0 spiro atoms. The Morgan fingerprint density at radius 3 is 2.57 bits per heavy atom. The monoisotopic (exact) mass is 386 g/mol. The number of aliphatic imine (C=N–C) groups is 2. The van der Waals surface area contributed by atoms with Gasteiger partial charge in [-0.2, -0.15) is 0 Å². The van der Waals surface area contributed by atoms with Gasteiger partial charge >= 0.3 is 0 Å². The molecule has 1 saturated heterocycles. The SMILES string of the molecule is CC.CCCOC1=C2CC=CC(C)=CC2=NC(C(C)N2CCN(C)CC2)=NC1. The summed E-state index contributed by atoms with van der Waals surface area (Å²) in [6.07, 6.45) is 8.40. The van der Waals surface area contributed by atoms with Crippen LogP contribution in [-0.4, -0.2) is 73.8 Å². The van der Waals surface area contributed by atoms with Crippen molar-refractivity contribution in [2.45, 2.75) is 53.5 Å². The van der Waals surface area contributed by atoms with Crippen LogP contribution in [0.3, 0.4) is 0 Å². The number of fused-ring (bicyclic) bond motifs is 1. The minimum absolute atomic E-state index is 0.230. The fraction of sp³-hybridized carbons (Fsp3) is 0.652. The van der Waals surface area contributed by atoms with E-state index in [1.807, 2.05) is 13.8 Å². The predicted molar refractivity (Wildman–Crippen MR) is 120 cm³/mol. The lowest BCUT2D eigenvalue weighted by Gasteiger charge is -2.36. The summed E-state index contributed by atoms with van der Waals surface area (Å²) in [6, 6.07) is 0.230. The molecule has 1 fully saturated rings. The van der Waals surface area contributed by atoms with E-state index in [4.69, 9.17) is 14.7 Å². The lowest BCUT2D eigenvalue weighted by atomic mass is 10.1. The summed E-state index contributed by atoms with van der Waals surface area (Å²) in [4.78, 5) is 14.8. The highest BCUT2D eigenvalue weighted by molar-refractivity contribution is 6.16. The smallest absolute Gasteiger partial charge is 0.141 e. The fourth-order valence-corrected chi connectivity index (χ4v) is 3.54. The number of likely N-dealkylation sites (N-methyl/N-ethyl adjacent to an activating group) is 1. The molecule has 0 N–H and O–H groups in total. The van der Waals surface area contributed by atoms with Gasteiger partial charge in [0, 0.05) is 31.8 Å². The Hall–Kier alpha value is -1.72.